The first-order valence-corrected chi connectivity index (χ1v) is 8.37. The van der Waals surface area contributed by atoms with Crippen molar-refractivity contribution in [3.63, 3.8) is 0 Å². The fourth-order valence-electron chi connectivity index (χ4n) is 2.08. The van der Waals surface area contributed by atoms with Crippen molar-refractivity contribution in [2.75, 3.05) is 38.2 Å². The summed E-state index contributed by atoms with van der Waals surface area (Å²) in [6.07, 6.45) is 3.15. The van der Waals surface area contributed by atoms with Crippen molar-refractivity contribution in [2.24, 2.45) is 0 Å². The highest BCUT2D eigenvalue weighted by Gasteiger charge is 2.28. The third-order valence-corrected chi connectivity index (χ3v) is 4.96. The van der Waals surface area contributed by atoms with Crippen LogP contribution in [0.2, 0.25) is 0 Å². The minimum absolute atomic E-state index is 0.107. The molecule has 0 aromatic carbocycles. The van der Waals surface area contributed by atoms with Crippen LogP contribution in [0.5, 0.6) is 0 Å². The molecule has 20 heavy (non-hydrogen) atoms. The van der Waals surface area contributed by atoms with Crippen molar-refractivity contribution in [3.8, 4) is 0 Å². The molecule has 0 atom stereocenters. The predicted molar refractivity (Wildman–Crippen MR) is 77.2 cm³/mol. The molecule has 0 radical (unpaired) electrons. The second-order valence-electron chi connectivity index (χ2n) is 4.65. The lowest BCUT2D eigenvalue weighted by Gasteiger charge is -2.20. The second-order valence-corrected chi connectivity index (χ2v) is 6.51. The summed E-state index contributed by atoms with van der Waals surface area (Å²) in [5.74, 6) is 0. The standard InChI is InChI=1S/C13H21N3O3S/c1-2-6-14-12-5-3-7-15-13(12)20(17,18)16-8-4-10-19-11-9-16/h3,5,7,14H,2,4,6,8-11H2,1H3. The summed E-state index contributed by atoms with van der Waals surface area (Å²) in [6.45, 7) is 4.65. The van der Waals surface area contributed by atoms with Crippen molar-refractivity contribution in [3.05, 3.63) is 18.3 Å². The molecular formula is C13H21N3O3S. The molecule has 2 rings (SSSR count). The van der Waals surface area contributed by atoms with Crippen molar-refractivity contribution < 1.29 is 13.2 Å². The highest BCUT2D eigenvalue weighted by atomic mass is 32.2. The third-order valence-electron chi connectivity index (χ3n) is 3.10. The van der Waals surface area contributed by atoms with E-state index in [0.717, 1.165) is 13.0 Å². The predicted octanol–water partition coefficient (Wildman–Crippen LogP) is 1.31. The van der Waals surface area contributed by atoms with Gasteiger partial charge in [0.2, 0.25) is 0 Å². The number of sulfonamides is 1. The Labute approximate surface area is 120 Å². The zero-order valence-corrected chi connectivity index (χ0v) is 12.5. The number of pyridine rings is 1. The van der Waals surface area contributed by atoms with Gasteiger partial charge in [-0.3, -0.25) is 0 Å². The van der Waals surface area contributed by atoms with E-state index < -0.39 is 10.0 Å². The topological polar surface area (TPSA) is 71.5 Å². The fraction of sp³-hybridized carbons (Fsp3) is 0.615. The van der Waals surface area contributed by atoms with Gasteiger partial charge in [-0.05, 0) is 25.0 Å². The van der Waals surface area contributed by atoms with Crippen molar-refractivity contribution >= 4 is 15.7 Å². The number of rotatable bonds is 5. The van der Waals surface area contributed by atoms with Gasteiger partial charge < -0.3 is 10.1 Å². The van der Waals surface area contributed by atoms with E-state index in [0.29, 0.717) is 38.4 Å². The first-order chi connectivity index (χ1) is 9.66. The number of nitrogens with one attached hydrogen (secondary N) is 1. The molecule has 112 valence electrons. The number of hydrogen-bond donors (Lipinski definition) is 1. The normalized spacial score (nSPS) is 17.6. The van der Waals surface area contributed by atoms with E-state index in [9.17, 15) is 8.42 Å². The largest absolute Gasteiger partial charge is 0.383 e. The van der Waals surface area contributed by atoms with E-state index in [2.05, 4.69) is 10.3 Å². The first kappa shape index (κ1) is 15.2. The summed E-state index contributed by atoms with van der Waals surface area (Å²) >= 11 is 0. The molecule has 0 amide bonds. The molecule has 0 unspecified atom stereocenters. The van der Waals surface area contributed by atoms with Crippen LogP contribution >= 0.6 is 0 Å². The van der Waals surface area contributed by atoms with Crippen LogP contribution in [0.3, 0.4) is 0 Å². The number of hydrogen-bond acceptors (Lipinski definition) is 5. The zero-order chi connectivity index (χ0) is 14.4. The Morgan fingerprint density at radius 3 is 3.05 bits per heavy atom. The highest BCUT2D eigenvalue weighted by Crippen LogP contribution is 2.22. The molecule has 1 fully saturated rings. The van der Waals surface area contributed by atoms with E-state index in [-0.39, 0.29) is 5.03 Å². The number of nitrogens with zero attached hydrogens (tertiary/aromatic N) is 2. The molecule has 0 saturated carbocycles. The van der Waals surface area contributed by atoms with Crippen LogP contribution in [0.1, 0.15) is 19.8 Å². The molecule has 7 heteroatoms. The van der Waals surface area contributed by atoms with Gasteiger partial charge in [-0.1, -0.05) is 6.92 Å². The Kier molecular flexibility index (Phi) is 5.33. The van der Waals surface area contributed by atoms with Gasteiger partial charge in [0.1, 0.15) is 0 Å². The lowest BCUT2D eigenvalue weighted by atomic mass is 10.4. The average molecular weight is 299 g/mol. The Morgan fingerprint density at radius 2 is 2.25 bits per heavy atom. The van der Waals surface area contributed by atoms with Gasteiger partial charge in [-0.2, -0.15) is 4.31 Å². The van der Waals surface area contributed by atoms with Crippen LogP contribution in [0.25, 0.3) is 0 Å². The van der Waals surface area contributed by atoms with Crippen LogP contribution in [-0.4, -0.2) is 50.6 Å². The number of ether oxygens (including phenoxy) is 1. The molecule has 0 bridgehead atoms. The molecule has 6 nitrogen and oxygen atoms in total. The van der Waals surface area contributed by atoms with Gasteiger partial charge in [0.05, 0.1) is 12.3 Å². The second kappa shape index (κ2) is 7.01. The van der Waals surface area contributed by atoms with E-state index >= 15 is 0 Å². The number of aromatic nitrogens is 1. The van der Waals surface area contributed by atoms with Crippen molar-refractivity contribution in [1.82, 2.24) is 9.29 Å². The summed E-state index contributed by atoms with van der Waals surface area (Å²) in [7, 11) is -3.57. The summed E-state index contributed by atoms with van der Waals surface area (Å²) in [6, 6.07) is 3.49. The molecule has 1 aliphatic heterocycles. The van der Waals surface area contributed by atoms with Gasteiger partial charge in [-0.25, -0.2) is 13.4 Å². The summed E-state index contributed by atoms with van der Waals surface area (Å²) in [5.41, 5.74) is 0.569. The molecule has 1 saturated heterocycles. The Balaban J connectivity index is 2.28. The SMILES string of the molecule is CCCNc1cccnc1S(=O)(=O)N1CCCOCC1. The van der Waals surface area contributed by atoms with Gasteiger partial charge in [-0.15, -0.1) is 0 Å². The minimum atomic E-state index is -3.57. The lowest BCUT2D eigenvalue weighted by Crippen LogP contribution is -2.34. The van der Waals surface area contributed by atoms with Crippen molar-refractivity contribution in [1.29, 1.82) is 0 Å². The van der Waals surface area contributed by atoms with E-state index in [1.54, 1.807) is 12.1 Å². The van der Waals surface area contributed by atoms with Crippen LogP contribution in [-0.2, 0) is 14.8 Å². The van der Waals surface area contributed by atoms with E-state index in [4.69, 9.17) is 4.74 Å². The summed E-state index contributed by atoms with van der Waals surface area (Å²) in [4.78, 5) is 4.08. The number of anilines is 1. The maximum absolute atomic E-state index is 12.7. The molecule has 0 spiro atoms. The molecule has 1 aliphatic rings. The highest BCUT2D eigenvalue weighted by molar-refractivity contribution is 7.89. The molecule has 1 aromatic rings. The average Bonchev–Trinajstić information content (AvgIpc) is 2.75. The van der Waals surface area contributed by atoms with Crippen LogP contribution < -0.4 is 5.32 Å². The first-order valence-electron chi connectivity index (χ1n) is 6.93. The van der Waals surface area contributed by atoms with Crippen molar-refractivity contribution in [2.45, 2.75) is 24.8 Å². The van der Waals surface area contributed by atoms with Crippen LogP contribution in [0.4, 0.5) is 5.69 Å². The minimum Gasteiger partial charge on any atom is -0.383 e. The summed E-state index contributed by atoms with van der Waals surface area (Å²) < 4.78 is 32.2. The lowest BCUT2D eigenvalue weighted by molar-refractivity contribution is 0.148. The van der Waals surface area contributed by atoms with Gasteiger partial charge >= 0.3 is 0 Å². The maximum atomic E-state index is 12.7. The van der Waals surface area contributed by atoms with Gasteiger partial charge in [0.25, 0.3) is 10.0 Å². The van der Waals surface area contributed by atoms with Gasteiger partial charge in [0.15, 0.2) is 5.03 Å². The summed E-state index contributed by atoms with van der Waals surface area (Å²) in [5, 5.41) is 3.23. The Bertz CT molecular complexity index is 525. The maximum Gasteiger partial charge on any atom is 0.262 e. The quantitative estimate of drug-likeness (QED) is 0.887. The van der Waals surface area contributed by atoms with Crippen LogP contribution in [0.15, 0.2) is 23.4 Å². The van der Waals surface area contributed by atoms with Crippen LogP contribution in [0, 0.1) is 0 Å². The third kappa shape index (κ3) is 3.47. The Morgan fingerprint density at radius 1 is 1.40 bits per heavy atom. The van der Waals surface area contributed by atoms with E-state index in [1.807, 2.05) is 6.92 Å². The Hall–Kier alpha value is -1.18. The molecule has 0 aliphatic carbocycles. The molecule has 1 N–H and O–H groups in total. The zero-order valence-electron chi connectivity index (χ0n) is 11.7. The molecule has 1 aromatic heterocycles. The molecule has 2 heterocycles. The monoisotopic (exact) mass is 299 g/mol. The fourth-order valence-corrected chi connectivity index (χ4v) is 3.62. The van der Waals surface area contributed by atoms with E-state index in [1.165, 1.54) is 10.5 Å². The smallest absolute Gasteiger partial charge is 0.262 e. The molecular weight excluding hydrogens is 278 g/mol. The van der Waals surface area contributed by atoms with Gasteiger partial charge in [0, 0.05) is 32.4 Å².